The van der Waals surface area contributed by atoms with Crippen LogP contribution in [-0.4, -0.2) is 34.9 Å². The summed E-state index contributed by atoms with van der Waals surface area (Å²) in [7, 11) is 0. The van der Waals surface area contributed by atoms with E-state index in [9.17, 15) is 15.0 Å². The molecule has 0 heterocycles. The lowest BCUT2D eigenvalue weighted by atomic mass is 10.0. The molecule has 0 spiro atoms. The molecule has 0 aliphatic heterocycles. The van der Waals surface area contributed by atoms with E-state index < -0.39 is 12.1 Å². The monoisotopic (exact) mass is 720 g/mol. The number of carbonyl (C=O) groups is 1. The van der Waals surface area contributed by atoms with E-state index >= 15 is 0 Å². The SMILES string of the molecule is CCCCCCCCCCCCCCCCC/C=C/C(O)C(CO)NC(=O)CCCCCCCCCCCCCCCCCCCCCCCC. The summed E-state index contributed by atoms with van der Waals surface area (Å²) in [6, 6.07) is -0.616. The van der Waals surface area contributed by atoms with Gasteiger partial charge in [0.15, 0.2) is 0 Å². The maximum Gasteiger partial charge on any atom is 0.220 e. The highest BCUT2D eigenvalue weighted by Gasteiger charge is 2.18. The molecule has 304 valence electrons. The predicted molar refractivity (Wildman–Crippen MR) is 226 cm³/mol. The molecule has 0 aliphatic rings. The number of unbranched alkanes of at least 4 members (excludes halogenated alkanes) is 36. The first-order chi connectivity index (χ1) is 25.2. The Bertz CT molecular complexity index is 695. The number of aliphatic hydroxyl groups is 2. The van der Waals surface area contributed by atoms with Gasteiger partial charge in [0, 0.05) is 6.42 Å². The minimum Gasteiger partial charge on any atom is -0.394 e. The Morgan fingerprint density at radius 1 is 0.451 bits per heavy atom. The largest absolute Gasteiger partial charge is 0.394 e. The Hall–Kier alpha value is -0.870. The molecule has 4 nitrogen and oxygen atoms in total. The fraction of sp³-hybridized carbons (Fsp3) is 0.936. The third-order valence-corrected chi connectivity index (χ3v) is 11.0. The molecule has 0 aliphatic carbocycles. The normalized spacial score (nSPS) is 12.9. The average molecular weight is 720 g/mol. The second-order valence-electron chi connectivity index (χ2n) is 16.2. The van der Waals surface area contributed by atoms with Crippen molar-refractivity contribution in [3.63, 3.8) is 0 Å². The van der Waals surface area contributed by atoms with E-state index in [1.165, 1.54) is 218 Å². The summed E-state index contributed by atoms with van der Waals surface area (Å²) < 4.78 is 0. The number of aliphatic hydroxyl groups excluding tert-OH is 2. The first-order valence-electron chi connectivity index (χ1n) is 23.4. The zero-order chi connectivity index (χ0) is 37.1. The van der Waals surface area contributed by atoms with Crippen molar-refractivity contribution in [2.75, 3.05) is 6.61 Å². The molecular weight excluding hydrogens is 627 g/mol. The fourth-order valence-electron chi connectivity index (χ4n) is 7.42. The maximum absolute atomic E-state index is 12.4. The number of carbonyl (C=O) groups excluding carboxylic acids is 1. The standard InChI is InChI=1S/C47H93NO3/c1-3-5-7-9-11-13-15-17-19-21-22-23-24-25-27-29-31-33-35-37-39-41-43-47(51)48-45(44-49)46(50)42-40-38-36-34-32-30-28-26-20-18-16-14-12-10-8-6-4-2/h40,42,45-46,49-50H,3-39,41,43-44H2,1-2H3,(H,48,51)/b42-40+. The molecular formula is C47H93NO3. The number of amides is 1. The number of allylic oxidation sites excluding steroid dienone is 1. The van der Waals surface area contributed by atoms with Crippen LogP contribution in [0.3, 0.4) is 0 Å². The molecule has 0 radical (unpaired) electrons. The number of nitrogens with one attached hydrogen (secondary N) is 1. The van der Waals surface area contributed by atoms with Crippen LogP contribution in [0, 0.1) is 0 Å². The first-order valence-corrected chi connectivity index (χ1v) is 23.4. The molecule has 0 aromatic rings. The van der Waals surface area contributed by atoms with Crippen LogP contribution in [0.5, 0.6) is 0 Å². The third-order valence-electron chi connectivity index (χ3n) is 11.0. The summed E-state index contributed by atoms with van der Waals surface area (Å²) in [6.45, 7) is 4.34. The Labute approximate surface area is 320 Å². The number of hydrogen-bond donors (Lipinski definition) is 3. The van der Waals surface area contributed by atoms with Crippen molar-refractivity contribution in [2.24, 2.45) is 0 Å². The molecule has 0 rings (SSSR count). The highest BCUT2D eigenvalue weighted by atomic mass is 16.3. The second kappa shape index (κ2) is 43.5. The van der Waals surface area contributed by atoms with Gasteiger partial charge in [-0.15, -0.1) is 0 Å². The Kier molecular flexibility index (Phi) is 42.8. The van der Waals surface area contributed by atoms with Gasteiger partial charge < -0.3 is 15.5 Å². The van der Waals surface area contributed by atoms with E-state index in [4.69, 9.17) is 0 Å². The van der Waals surface area contributed by atoms with Gasteiger partial charge in [-0.1, -0.05) is 251 Å². The number of rotatable bonds is 43. The predicted octanol–water partition coefficient (Wildman–Crippen LogP) is 14.6. The molecule has 1 amide bonds. The molecule has 0 bridgehead atoms. The van der Waals surface area contributed by atoms with Gasteiger partial charge in [-0.3, -0.25) is 4.79 Å². The summed E-state index contributed by atoms with van der Waals surface area (Å²) in [4.78, 5) is 12.4. The summed E-state index contributed by atoms with van der Waals surface area (Å²) in [5.74, 6) is -0.0583. The maximum atomic E-state index is 12.4. The lowest BCUT2D eigenvalue weighted by Crippen LogP contribution is -2.45. The lowest BCUT2D eigenvalue weighted by Gasteiger charge is -2.20. The van der Waals surface area contributed by atoms with Gasteiger partial charge in [-0.05, 0) is 19.3 Å². The highest BCUT2D eigenvalue weighted by Crippen LogP contribution is 2.17. The third kappa shape index (κ3) is 40.2. The molecule has 3 N–H and O–H groups in total. The van der Waals surface area contributed by atoms with E-state index in [0.29, 0.717) is 6.42 Å². The van der Waals surface area contributed by atoms with Crippen LogP contribution in [-0.2, 0) is 4.79 Å². The van der Waals surface area contributed by atoms with Crippen molar-refractivity contribution < 1.29 is 15.0 Å². The topological polar surface area (TPSA) is 69.6 Å². The van der Waals surface area contributed by atoms with E-state index in [-0.39, 0.29) is 12.5 Å². The molecule has 0 aromatic carbocycles. The Balaban J connectivity index is 3.49. The highest BCUT2D eigenvalue weighted by molar-refractivity contribution is 5.76. The van der Waals surface area contributed by atoms with Crippen molar-refractivity contribution in [3.05, 3.63) is 12.2 Å². The van der Waals surface area contributed by atoms with Crippen molar-refractivity contribution >= 4 is 5.91 Å². The van der Waals surface area contributed by atoms with Crippen LogP contribution >= 0.6 is 0 Å². The molecule has 4 heteroatoms. The molecule has 0 saturated carbocycles. The lowest BCUT2D eigenvalue weighted by molar-refractivity contribution is -0.123. The summed E-state index contributed by atoms with van der Waals surface area (Å²) in [6.07, 6.45) is 54.7. The van der Waals surface area contributed by atoms with E-state index in [1.54, 1.807) is 6.08 Å². The van der Waals surface area contributed by atoms with Crippen molar-refractivity contribution in [1.82, 2.24) is 5.32 Å². The van der Waals surface area contributed by atoms with Crippen molar-refractivity contribution in [3.8, 4) is 0 Å². The smallest absolute Gasteiger partial charge is 0.220 e. The van der Waals surface area contributed by atoms with E-state index in [0.717, 1.165) is 25.7 Å². The molecule has 2 atom stereocenters. The van der Waals surface area contributed by atoms with Crippen LogP contribution in [0.2, 0.25) is 0 Å². The Morgan fingerprint density at radius 2 is 0.725 bits per heavy atom. The molecule has 0 saturated heterocycles. The van der Waals surface area contributed by atoms with Crippen LogP contribution in [0.25, 0.3) is 0 Å². The minimum absolute atomic E-state index is 0.0583. The first kappa shape index (κ1) is 50.1. The molecule has 0 fully saturated rings. The fourth-order valence-corrected chi connectivity index (χ4v) is 7.42. The summed E-state index contributed by atoms with van der Waals surface area (Å²) >= 11 is 0. The average Bonchev–Trinajstić information content (AvgIpc) is 3.13. The van der Waals surface area contributed by atoms with Gasteiger partial charge in [-0.25, -0.2) is 0 Å². The van der Waals surface area contributed by atoms with Gasteiger partial charge in [0.2, 0.25) is 5.91 Å². The van der Waals surface area contributed by atoms with Gasteiger partial charge >= 0.3 is 0 Å². The van der Waals surface area contributed by atoms with Gasteiger partial charge in [0.1, 0.15) is 0 Å². The number of hydrogen-bond acceptors (Lipinski definition) is 3. The van der Waals surface area contributed by atoms with Gasteiger partial charge in [0.05, 0.1) is 18.8 Å². The van der Waals surface area contributed by atoms with Crippen LogP contribution in [0.4, 0.5) is 0 Å². The minimum atomic E-state index is -0.833. The van der Waals surface area contributed by atoms with Gasteiger partial charge in [-0.2, -0.15) is 0 Å². The van der Waals surface area contributed by atoms with Crippen LogP contribution in [0.1, 0.15) is 264 Å². The van der Waals surface area contributed by atoms with Crippen LogP contribution in [0.15, 0.2) is 12.2 Å². The summed E-state index contributed by atoms with van der Waals surface area (Å²) in [5, 5.41) is 23.1. The van der Waals surface area contributed by atoms with Crippen molar-refractivity contribution in [1.29, 1.82) is 0 Å². The summed E-state index contributed by atoms with van der Waals surface area (Å²) in [5.41, 5.74) is 0. The molecule has 0 aromatic heterocycles. The zero-order valence-corrected chi connectivity index (χ0v) is 34.9. The Morgan fingerprint density at radius 3 is 1.02 bits per heavy atom. The van der Waals surface area contributed by atoms with E-state index in [2.05, 4.69) is 19.2 Å². The zero-order valence-electron chi connectivity index (χ0n) is 34.9. The van der Waals surface area contributed by atoms with Gasteiger partial charge in [0.25, 0.3) is 0 Å². The molecule has 51 heavy (non-hydrogen) atoms. The quantitative estimate of drug-likeness (QED) is 0.0434. The second-order valence-corrected chi connectivity index (χ2v) is 16.2. The van der Waals surface area contributed by atoms with Crippen molar-refractivity contribution in [2.45, 2.75) is 276 Å². The van der Waals surface area contributed by atoms with E-state index in [1.807, 2.05) is 6.08 Å². The molecule has 2 unspecified atom stereocenters. The van der Waals surface area contributed by atoms with Crippen LogP contribution < -0.4 is 5.32 Å².